The van der Waals surface area contributed by atoms with Gasteiger partial charge in [0.25, 0.3) is 0 Å². The number of likely N-dealkylation sites (tertiary alicyclic amines) is 1. The number of carbonyl (C=O) groups excluding carboxylic acids is 1. The van der Waals surface area contributed by atoms with Crippen LogP contribution in [-0.2, 0) is 9.59 Å². The molecule has 2 fully saturated rings. The van der Waals surface area contributed by atoms with Gasteiger partial charge in [-0.25, -0.2) is 4.79 Å². The van der Waals surface area contributed by atoms with E-state index in [4.69, 9.17) is 5.73 Å². The molecule has 0 aromatic rings. The molecule has 6 heteroatoms. The first kappa shape index (κ1) is 14.7. The Bertz CT molecular complexity index is 364. The molecule has 1 saturated heterocycles. The van der Waals surface area contributed by atoms with Crippen molar-refractivity contribution in [2.75, 3.05) is 12.3 Å². The van der Waals surface area contributed by atoms with Gasteiger partial charge in [-0.05, 0) is 24.7 Å². The quantitative estimate of drug-likeness (QED) is 0.668. The van der Waals surface area contributed by atoms with Gasteiger partial charge in [0.1, 0.15) is 6.04 Å². The summed E-state index contributed by atoms with van der Waals surface area (Å²) in [7, 11) is 0. The summed E-state index contributed by atoms with van der Waals surface area (Å²) in [5, 5.41) is 9.35. The molecule has 1 aliphatic heterocycles. The Morgan fingerprint density at radius 2 is 1.95 bits per heavy atom. The zero-order valence-electron chi connectivity index (χ0n) is 11.0. The second-order valence-electron chi connectivity index (χ2n) is 5.67. The highest BCUT2D eigenvalue weighted by Gasteiger charge is 2.42. The molecule has 1 saturated carbocycles. The van der Waals surface area contributed by atoms with Crippen molar-refractivity contribution >= 4 is 24.5 Å². The average Bonchev–Trinajstić information content (AvgIpc) is 2.44. The van der Waals surface area contributed by atoms with Gasteiger partial charge >= 0.3 is 5.97 Å². The molecule has 0 aromatic carbocycles. The van der Waals surface area contributed by atoms with Crippen LogP contribution in [0, 0.1) is 11.8 Å². The molecule has 19 heavy (non-hydrogen) atoms. The summed E-state index contributed by atoms with van der Waals surface area (Å²) in [5.41, 5.74) is 5.72. The number of hydrogen-bond donors (Lipinski definition) is 3. The third-order valence-corrected chi connectivity index (χ3v) is 4.88. The number of rotatable bonds is 3. The largest absolute Gasteiger partial charge is 0.480 e. The van der Waals surface area contributed by atoms with Crippen molar-refractivity contribution in [3.63, 3.8) is 0 Å². The number of nitrogens with zero attached hydrogens (tertiary/aromatic N) is 1. The summed E-state index contributed by atoms with van der Waals surface area (Å²) in [5.74, 6) is -0.0443. The van der Waals surface area contributed by atoms with Crippen LogP contribution in [0.5, 0.6) is 0 Å². The van der Waals surface area contributed by atoms with E-state index in [0.29, 0.717) is 24.8 Å². The third-order valence-electron chi connectivity index (χ3n) is 4.48. The molecule has 3 N–H and O–H groups in total. The number of carbonyl (C=O) groups is 2. The summed E-state index contributed by atoms with van der Waals surface area (Å²) < 4.78 is 0. The van der Waals surface area contributed by atoms with Crippen LogP contribution in [0.1, 0.15) is 32.1 Å². The van der Waals surface area contributed by atoms with Crippen molar-refractivity contribution in [2.24, 2.45) is 17.6 Å². The molecule has 108 valence electrons. The van der Waals surface area contributed by atoms with E-state index in [1.165, 1.54) is 17.7 Å². The minimum absolute atomic E-state index is 0.246. The van der Waals surface area contributed by atoms with Crippen molar-refractivity contribution in [2.45, 2.75) is 44.2 Å². The maximum absolute atomic E-state index is 12.2. The normalized spacial score (nSPS) is 32.5. The van der Waals surface area contributed by atoms with Crippen LogP contribution < -0.4 is 5.73 Å². The van der Waals surface area contributed by atoms with Gasteiger partial charge in [-0.3, -0.25) is 4.79 Å². The van der Waals surface area contributed by atoms with E-state index in [0.717, 1.165) is 12.8 Å². The molecule has 5 nitrogen and oxygen atoms in total. The summed E-state index contributed by atoms with van der Waals surface area (Å²) in [4.78, 5) is 25.1. The number of hydrogen-bond acceptors (Lipinski definition) is 4. The van der Waals surface area contributed by atoms with Crippen molar-refractivity contribution in [1.29, 1.82) is 0 Å². The van der Waals surface area contributed by atoms with Gasteiger partial charge in [-0.2, -0.15) is 12.6 Å². The molecule has 3 unspecified atom stereocenters. The summed E-state index contributed by atoms with van der Waals surface area (Å²) in [6.45, 7) is 0.544. The van der Waals surface area contributed by atoms with Crippen LogP contribution in [0.4, 0.5) is 0 Å². The highest BCUT2D eigenvalue weighted by Crippen LogP contribution is 2.38. The predicted octanol–water partition coefficient (Wildman–Crippen LogP) is 0.735. The Labute approximate surface area is 118 Å². The standard InChI is InChI=1S/C13H22N2O3S/c14-10(7-19)12(16)15-6-9-4-2-1-3-8(9)5-11(15)13(17)18/h8-11,19H,1-7,14H2,(H,17,18)/t8?,9?,10-,11?/m1/s1. The van der Waals surface area contributed by atoms with Crippen molar-refractivity contribution in [3.05, 3.63) is 0 Å². The fourth-order valence-corrected chi connectivity index (χ4v) is 3.55. The fraction of sp³-hybridized carbons (Fsp3) is 0.846. The number of carboxylic acid groups (broad SMARTS) is 1. The molecule has 2 rings (SSSR count). The van der Waals surface area contributed by atoms with E-state index < -0.39 is 18.1 Å². The molecule has 1 heterocycles. The first-order chi connectivity index (χ1) is 9.04. The van der Waals surface area contributed by atoms with Gasteiger partial charge in [-0.15, -0.1) is 0 Å². The number of amides is 1. The number of piperidine rings is 1. The molecule has 0 spiro atoms. The SMILES string of the molecule is N[C@H](CS)C(=O)N1CC2CCCCC2CC1C(=O)O. The minimum atomic E-state index is -0.913. The van der Waals surface area contributed by atoms with Crippen LogP contribution >= 0.6 is 12.6 Å². The topological polar surface area (TPSA) is 83.6 Å². The molecular formula is C13H22N2O3S. The Balaban J connectivity index is 2.14. The third kappa shape index (κ3) is 3.05. The van der Waals surface area contributed by atoms with Crippen molar-refractivity contribution in [3.8, 4) is 0 Å². The monoisotopic (exact) mass is 286 g/mol. The Hall–Kier alpha value is -0.750. The van der Waals surface area contributed by atoms with Crippen LogP contribution in [0.15, 0.2) is 0 Å². The fourth-order valence-electron chi connectivity index (χ4n) is 3.40. The van der Waals surface area contributed by atoms with Crippen LogP contribution in [-0.4, -0.2) is 46.3 Å². The first-order valence-electron chi connectivity index (χ1n) is 6.94. The Kier molecular flexibility index (Phi) is 4.73. The van der Waals surface area contributed by atoms with E-state index in [9.17, 15) is 14.7 Å². The first-order valence-corrected chi connectivity index (χ1v) is 7.57. The predicted molar refractivity (Wildman–Crippen MR) is 75.0 cm³/mol. The van der Waals surface area contributed by atoms with Gasteiger partial charge in [0.15, 0.2) is 0 Å². The number of fused-ring (bicyclic) bond motifs is 1. The molecular weight excluding hydrogens is 264 g/mol. The summed E-state index contributed by atoms with van der Waals surface area (Å²) in [6, 6.07) is -1.41. The Morgan fingerprint density at radius 3 is 2.53 bits per heavy atom. The lowest BCUT2D eigenvalue weighted by molar-refractivity contribution is -0.156. The number of aliphatic carboxylic acids is 1. The second kappa shape index (κ2) is 6.13. The molecule has 0 aromatic heterocycles. The van der Waals surface area contributed by atoms with Gasteiger partial charge in [0.2, 0.25) is 5.91 Å². The second-order valence-corrected chi connectivity index (χ2v) is 6.04. The number of nitrogens with two attached hydrogens (primary N) is 1. The lowest BCUT2D eigenvalue weighted by Gasteiger charge is -2.45. The number of thiol groups is 1. The highest BCUT2D eigenvalue weighted by molar-refractivity contribution is 7.80. The number of carboxylic acids is 1. The minimum Gasteiger partial charge on any atom is -0.480 e. The lowest BCUT2D eigenvalue weighted by Crippen LogP contribution is -2.58. The van der Waals surface area contributed by atoms with Gasteiger partial charge in [0, 0.05) is 12.3 Å². The molecule has 0 radical (unpaired) electrons. The molecule has 1 amide bonds. The summed E-state index contributed by atoms with van der Waals surface area (Å²) >= 11 is 4.03. The van der Waals surface area contributed by atoms with Crippen molar-refractivity contribution in [1.82, 2.24) is 4.90 Å². The maximum atomic E-state index is 12.2. The zero-order valence-corrected chi connectivity index (χ0v) is 11.9. The average molecular weight is 286 g/mol. The van der Waals surface area contributed by atoms with E-state index in [-0.39, 0.29) is 11.7 Å². The van der Waals surface area contributed by atoms with E-state index >= 15 is 0 Å². The molecule has 2 aliphatic rings. The van der Waals surface area contributed by atoms with Crippen LogP contribution in [0.25, 0.3) is 0 Å². The van der Waals surface area contributed by atoms with Crippen LogP contribution in [0.3, 0.4) is 0 Å². The molecule has 0 bridgehead atoms. The van der Waals surface area contributed by atoms with Gasteiger partial charge < -0.3 is 15.7 Å². The summed E-state index contributed by atoms with van der Waals surface area (Å²) in [6.07, 6.45) is 5.12. The Morgan fingerprint density at radius 1 is 1.32 bits per heavy atom. The van der Waals surface area contributed by atoms with Gasteiger partial charge in [0.05, 0.1) is 6.04 Å². The van der Waals surface area contributed by atoms with E-state index in [2.05, 4.69) is 12.6 Å². The van der Waals surface area contributed by atoms with Crippen molar-refractivity contribution < 1.29 is 14.7 Å². The molecule has 4 atom stereocenters. The highest BCUT2D eigenvalue weighted by atomic mass is 32.1. The van der Waals surface area contributed by atoms with Crippen LogP contribution in [0.2, 0.25) is 0 Å². The lowest BCUT2D eigenvalue weighted by atomic mass is 9.73. The maximum Gasteiger partial charge on any atom is 0.326 e. The zero-order chi connectivity index (χ0) is 14.0. The van der Waals surface area contributed by atoms with Gasteiger partial charge in [-0.1, -0.05) is 19.3 Å². The smallest absolute Gasteiger partial charge is 0.326 e. The molecule has 1 aliphatic carbocycles. The van der Waals surface area contributed by atoms with E-state index in [1.807, 2.05) is 0 Å². The van der Waals surface area contributed by atoms with E-state index in [1.54, 1.807) is 0 Å².